The largest absolute Gasteiger partial charge is 0.450 e. The fourth-order valence-corrected chi connectivity index (χ4v) is 16.2. The van der Waals surface area contributed by atoms with E-state index in [4.69, 9.17) is 4.74 Å². The number of rotatable bonds is 6. The SMILES string of the molecule is CNCC1=C[C@@H]2C[C@@]3(O)[C@](C4CCCCC4)(CC[C@H]4[C@@]3(O)C[C@@H]3C[C@H]([C@@H](C)C5CCCC5)CC[C@H]5[C@@H](O)CC[C@@]4(C=O)[C@]35O)[C@H]2C2=CC(=O)O[C@@H]12. The molecule has 0 aromatic carbocycles. The van der Waals surface area contributed by atoms with Crippen LogP contribution in [0.15, 0.2) is 23.3 Å². The van der Waals surface area contributed by atoms with Gasteiger partial charge in [-0.3, -0.25) is 0 Å². The molecule has 0 aromatic heterocycles. The molecule has 9 rings (SSSR count). The Kier molecular flexibility index (Phi) is 8.42. The first-order valence-electron chi connectivity index (χ1n) is 21.1. The van der Waals surface area contributed by atoms with Crippen molar-refractivity contribution in [1.82, 2.24) is 5.32 Å². The van der Waals surface area contributed by atoms with E-state index < -0.39 is 57.6 Å². The number of carbonyl (C=O) groups is 2. The second-order valence-corrected chi connectivity index (χ2v) is 19.4. The normalized spacial score (nSPS) is 51.5. The number of hydrogen-bond donors (Lipinski definition) is 5. The van der Waals surface area contributed by atoms with Crippen LogP contribution in [0.1, 0.15) is 122 Å². The maximum Gasteiger partial charge on any atom is 0.331 e. The van der Waals surface area contributed by atoms with Gasteiger partial charge in [-0.1, -0.05) is 57.9 Å². The van der Waals surface area contributed by atoms with Crippen LogP contribution in [0.2, 0.25) is 0 Å². The molecular formula is C43H63NO7. The van der Waals surface area contributed by atoms with Gasteiger partial charge < -0.3 is 35.3 Å². The maximum atomic E-state index is 14.1. The fourth-order valence-electron chi connectivity index (χ4n) is 16.2. The number of aldehydes is 1. The van der Waals surface area contributed by atoms with Gasteiger partial charge in [0.2, 0.25) is 0 Å². The van der Waals surface area contributed by atoms with Gasteiger partial charge >= 0.3 is 5.97 Å². The zero-order chi connectivity index (χ0) is 35.6. The van der Waals surface area contributed by atoms with Gasteiger partial charge in [-0.15, -0.1) is 0 Å². The summed E-state index contributed by atoms with van der Waals surface area (Å²) in [6, 6.07) is 0. The third-order valence-electron chi connectivity index (χ3n) is 18.0. The predicted octanol–water partition coefficient (Wildman–Crippen LogP) is 5.41. The van der Waals surface area contributed by atoms with Gasteiger partial charge in [0.25, 0.3) is 0 Å². The summed E-state index contributed by atoms with van der Waals surface area (Å²) in [6.45, 7) is 2.96. The Balaban J connectivity index is 1.21. The summed E-state index contributed by atoms with van der Waals surface area (Å²) < 4.78 is 6.00. The molecule has 0 aromatic rings. The molecule has 8 nitrogen and oxygen atoms in total. The van der Waals surface area contributed by atoms with E-state index in [-0.39, 0.29) is 30.1 Å². The van der Waals surface area contributed by atoms with Gasteiger partial charge in [0.15, 0.2) is 0 Å². The van der Waals surface area contributed by atoms with Crippen LogP contribution in [0.4, 0.5) is 0 Å². The van der Waals surface area contributed by atoms with Crippen molar-refractivity contribution in [3.8, 4) is 0 Å². The van der Waals surface area contributed by atoms with Crippen molar-refractivity contribution < 1.29 is 34.8 Å². The minimum absolute atomic E-state index is 0.0711. The van der Waals surface area contributed by atoms with Crippen LogP contribution < -0.4 is 5.32 Å². The van der Waals surface area contributed by atoms with Gasteiger partial charge in [-0.2, -0.15) is 0 Å². The number of hydrogen-bond acceptors (Lipinski definition) is 8. The molecule has 8 aliphatic carbocycles. The molecule has 1 heterocycles. The summed E-state index contributed by atoms with van der Waals surface area (Å²) in [5.41, 5.74) is -4.50. The first-order valence-corrected chi connectivity index (χ1v) is 21.1. The minimum Gasteiger partial charge on any atom is -0.450 e. The zero-order valence-electron chi connectivity index (χ0n) is 31.0. The first kappa shape index (κ1) is 35.1. The molecule has 282 valence electrons. The average Bonchev–Trinajstić information content (AvgIpc) is 3.83. The Morgan fingerprint density at radius 3 is 2.39 bits per heavy atom. The lowest BCUT2D eigenvalue weighted by Crippen LogP contribution is -2.81. The highest BCUT2D eigenvalue weighted by Gasteiger charge is 2.83. The topological polar surface area (TPSA) is 136 Å². The molecule has 0 saturated heterocycles. The molecule has 0 spiro atoms. The van der Waals surface area contributed by atoms with Crippen molar-refractivity contribution in [3.63, 3.8) is 0 Å². The van der Waals surface area contributed by atoms with Crippen LogP contribution in [-0.4, -0.2) is 75.3 Å². The van der Waals surface area contributed by atoms with Crippen molar-refractivity contribution in [3.05, 3.63) is 23.3 Å². The lowest BCUT2D eigenvalue weighted by atomic mass is 9.35. The highest BCUT2D eigenvalue weighted by Crippen LogP contribution is 2.78. The van der Waals surface area contributed by atoms with Gasteiger partial charge in [-0.25, -0.2) is 4.79 Å². The second kappa shape index (κ2) is 12.2. The molecule has 8 heteroatoms. The Morgan fingerprint density at radius 1 is 0.922 bits per heavy atom. The van der Waals surface area contributed by atoms with E-state index in [2.05, 4.69) is 18.3 Å². The Labute approximate surface area is 304 Å². The van der Waals surface area contributed by atoms with Gasteiger partial charge in [-0.05, 0) is 130 Å². The maximum absolute atomic E-state index is 14.1. The van der Waals surface area contributed by atoms with Crippen molar-refractivity contribution in [2.75, 3.05) is 13.6 Å². The van der Waals surface area contributed by atoms with Crippen LogP contribution in [0, 0.1) is 64.1 Å². The molecular weight excluding hydrogens is 642 g/mol. The fraction of sp³-hybridized carbons (Fsp3) is 0.860. The van der Waals surface area contributed by atoms with E-state index in [1.807, 2.05) is 7.05 Å². The highest BCUT2D eigenvalue weighted by molar-refractivity contribution is 5.87. The minimum atomic E-state index is -1.60. The van der Waals surface area contributed by atoms with Gasteiger partial charge in [0.05, 0.1) is 22.7 Å². The molecule has 0 bridgehead atoms. The monoisotopic (exact) mass is 705 g/mol. The van der Waals surface area contributed by atoms with Crippen LogP contribution in [0.5, 0.6) is 0 Å². The molecule has 7 fully saturated rings. The number of carbonyl (C=O) groups excluding carboxylic acids is 2. The molecule has 0 unspecified atom stereocenters. The van der Waals surface area contributed by atoms with Gasteiger partial charge in [0, 0.05) is 29.9 Å². The number of allylic oxidation sites excluding steroid dienone is 1. The number of aliphatic hydroxyl groups excluding tert-OH is 1. The lowest BCUT2D eigenvalue weighted by Gasteiger charge is -2.72. The number of fused-ring (bicyclic) bond motifs is 8. The predicted molar refractivity (Wildman–Crippen MR) is 192 cm³/mol. The number of esters is 1. The molecule has 14 atom stereocenters. The lowest BCUT2D eigenvalue weighted by molar-refractivity contribution is -0.349. The number of nitrogens with one attached hydrogen (secondary N) is 1. The number of aliphatic hydroxyl groups is 4. The summed E-state index contributed by atoms with van der Waals surface area (Å²) in [4.78, 5) is 27.1. The van der Waals surface area contributed by atoms with E-state index in [9.17, 15) is 30.0 Å². The van der Waals surface area contributed by atoms with Crippen LogP contribution >= 0.6 is 0 Å². The molecule has 0 radical (unpaired) electrons. The third-order valence-corrected chi connectivity index (χ3v) is 18.0. The molecule has 5 N–H and O–H groups in total. The van der Waals surface area contributed by atoms with Crippen molar-refractivity contribution in [2.45, 2.75) is 152 Å². The first-order chi connectivity index (χ1) is 24.5. The standard InChI is InChI=1S/C43H63NO7/c1-25(26-8-6-7-9-26)27-12-13-33-34(46)14-16-39(24-45)35-15-17-40(30-10-4-3-5-11-30)37-28(18-29(23-44-2)38-32(37)20-36(47)51-38)21-42(40,49)41(35,48)22-31(19-27)43(33,39)50/h18,20,24-28,30-31,33-35,37-38,44,46,48-50H,3-17,19,21-23H2,1-2H3/t25-,27+,28+,31-,33-,34-,35+,37+,38-,39-,40-,41-,42+,43-/m0/s1. The van der Waals surface area contributed by atoms with Crippen LogP contribution in [0.3, 0.4) is 0 Å². The van der Waals surface area contributed by atoms with E-state index in [1.54, 1.807) is 6.08 Å². The van der Waals surface area contributed by atoms with Crippen molar-refractivity contribution in [2.24, 2.45) is 64.1 Å². The zero-order valence-corrected chi connectivity index (χ0v) is 31.0. The number of ether oxygens (including phenoxy) is 1. The summed E-state index contributed by atoms with van der Waals surface area (Å²) in [7, 11) is 1.90. The Morgan fingerprint density at radius 2 is 1.67 bits per heavy atom. The van der Waals surface area contributed by atoms with Crippen molar-refractivity contribution >= 4 is 12.3 Å². The molecule has 1 aliphatic heterocycles. The summed E-state index contributed by atoms with van der Waals surface area (Å²) in [5, 5.41) is 56.3. The van der Waals surface area contributed by atoms with Crippen LogP contribution in [-0.2, 0) is 14.3 Å². The second-order valence-electron chi connectivity index (χ2n) is 19.4. The van der Waals surface area contributed by atoms with E-state index in [0.717, 1.165) is 49.5 Å². The smallest absolute Gasteiger partial charge is 0.331 e. The summed E-state index contributed by atoms with van der Waals surface area (Å²) in [5.74, 6) is -0.351. The van der Waals surface area contributed by atoms with Crippen LogP contribution in [0.25, 0.3) is 0 Å². The van der Waals surface area contributed by atoms with Gasteiger partial charge in [0.1, 0.15) is 18.0 Å². The molecule has 9 aliphatic rings. The van der Waals surface area contributed by atoms with Crippen molar-refractivity contribution in [1.29, 1.82) is 0 Å². The molecule has 0 amide bonds. The third kappa shape index (κ3) is 4.43. The highest BCUT2D eigenvalue weighted by atomic mass is 16.5. The van der Waals surface area contributed by atoms with E-state index >= 15 is 0 Å². The average molecular weight is 706 g/mol. The summed E-state index contributed by atoms with van der Waals surface area (Å²) in [6.07, 6.45) is 19.0. The Bertz CT molecular complexity index is 1480. The molecule has 51 heavy (non-hydrogen) atoms. The number of likely N-dealkylation sites (N-methyl/N-ethyl adjacent to an activating group) is 1. The molecule has 7 saturated carbocycles. The Hall–Kier alpha value is -1.58. The summed E-state index contributed by atoms with van der Waals surface area (Å²) >= 11 is 0. The van der Waals surface area contributed by atoms with E-state index in [0.29, 0.717) is 69.2 Å². The van der Waals surface area contributed by atoms with E-state index in [1.165, 1.54) is 32.1 Å². The quantitative estimate of drug-likeness (QED) is 0.141.